The molecule has 0 aliphatic heterocycles. The van der Waals surface area contributed by atoms with Gasteiger partial charge in [-0.1, -0.05) is 39.5 Å². The average molecular weight is 152 g/mol. The van der Waals surface area contributed by atoms with Crippen molar-refractivity contribution in [3.63, 3.8) is 0 Å². The molecule has 0 radical (unpaired) electrons. The summed E-state index contributed by atoms with van der Waals surface area (Å²) in [5.41, 5.74) is 0. The van der Waals surface area contributed by atoms with Crippen molar-refractivity contribution in [2.24, 2.45) is 11.8 Å². The fraction of sp³-hybridized carbons (Fsp3) is 0.818. The molecule has 1 fully saturated rings. The van der Waals surface area contributed by atoms with E-state index in [0.717, 1.165) is 11.8 Å². The van der Waals surface area contributed by atoms with Crippen LogP contribution in [0.25, 0.3) is 0 Å². The van der Waals surface area contributed by atoms with Crippen LogP contribution in [-0.4, -0.2) is 0 Å². The maximum absolute atomic E-state index is 4.00. The molecule has 0 heteroatoms. The molecule has 0 N–H and O–H groups in total. The first-order valence-corrected chi connectivity index (χ1v) is 4.62. The highest BCUT2D eigenvalue weighted by Gasteiger charge is 2.15. The first kappa shape index (κ1) is 10.6. The summed E-state index contributed by atoms with van der Waals surface area (Å²) in [4.78, 5) is 0. The average Bonchev–Trinajstić information content (AvgIpc) is 2.43. The number of hydrogen-bond acceptors (Lipinski definition) is 0. The minimum absolute atomic E-state index is 0.924. The van der Waals surface area contributed by atoms with Crippen molar-refractivity contribution in [1.82, 2.24) is 0 Å². The van der Waals surface area contributed by atoms with Gasteiger partial charge in [0.15, 0.2) is 0 Å². The molecule has 0 aromatic heterocycles. The third-order valence-corrected chi connectivity index (χ3v) is 2.28. The molecule has 0 unspecified atom stereocenters. The van der Waals surface area contributed by atoms with Crippen molar-refractivity contribution in [2.75, 3.05) is 0 Å². The summed E-state index contributed by atoms with van der Waals surface area (Å²) < 4.78 is 0. The lowest BCUT2D eigenvalue weighted by Crippen LogP contribution is -1.98. The lowest BCUT2D eigenvalue weighted by atomic mass is 9.96. The predicted octanol–water partition coefficient (Wildman–Crippen LogP) is 3.47. The highest BCUT2D eigenvalue weighted by atomic mass is 14.2. The fourth-order valence-corrected chi connectivity index (χ4v) is 1.91. The maximum Gasteiger partial charge on any atom is -0.0412 e. The highest BCUT2D eigenvalue weighted by molar-refractivity contribution is 4.68. The van der Waals surface area contributed by atoms with Crippen LogP contribution in [0.3, 0.4) is 0 Å². The Morgan fingerprint density at radius 3 is 2.00 bits per heavy atom. The Hall–Kier alpha value is -0.440. The van der Waals surface area contributed by atoms with Crippen molar-refractivity contribution in [1.29, 1.82) is 0 Å². The first-order chi connectivity index (χ1) is 5.29. The Morgan fingerprint density at radius 2 is 1.64 bits per heavy atom. The molecule has 0 aromatic rings. The second-order valence-electron chi connectivity index (χ2n) is 3.78. The molecule has 1 saturated carbocycles. The van der Waals surface area contributed by atoms with Gasteiger partial charge in [-0.25, -0.2) is 0 Å². The number of terminal acetylenes is 1. The molecule has 1 aliphatic carbocycles. The van der Waals surface area contributed by atoms with Crippen molar-refractivity contribution < 1.29 is 0 Å². The standard InChI is InChI=1S/C9H18.C2H2/c1-8(2)7-9-5-3-4-6-9;1-2/h8-9H,3-7H2,1-2H3;1-2H. The van der Waals surface area contributed by atoms with Gasteiger partial charge in [-0.15, -0.1) is 12.8 Å². The van der Waals surface area contributed by atoms with Gasteiger partial charge in [0.1, 0.15) is 0 Å². The van der Waals surface area contributed by atoms with Gasteiger partial charge < -0.3 is 0 Å². The third-order valence-electron chi connectivity index (χ3n) is 2.28. The summed E-state index contributed by atoms with van der Waals surface area (Å²) in [6.07, 6.45) is 15.5. The largest absolute Gasteiger partial charge is 0.124 e. The Morgan fingerprint density at radius 1 is 1.18 bits per heavy atom. The van der Waals surface area contributed by atoms with Crippen molar-refractivity contribution in [3.05, 3.63) is 0 Å². The summed E-state index contributed by atoms with van der Waals surface area (Å²) in [6.45, 7) is 4.66. The van der Waals surface area contributed by atoms with E-state index < -0.39 is 0 Å². The van der Waals surface area contributed by atoms with Gasteiger partial charge in [0.25, 0.3) is 0 Å². The Bertz CT molecular complexity index is 93.9. The van der Waals surface area contributed by atoms with Gasteiger partial charge in [0.05, 0.1) is 0 Å². The summed E-state index contributed by atoms with van der Waals surface area (Å²) in [6, 6.07) is 0. The Balaban J connectivity index is 0.000000461. The van der Waals surface area contributed by atoms with Crippen LogP contribution in [0.1, 0.15) is 46.0 Å². The lowest BCUT2D eigenvalue weighted by molar-refractivity contribution is 0.419. The summed E-state index contributed by atoms with van der Waals surface area (Å²) >= 11 is 0. The predicted molar refractivity (Wildman–Crippen MR) is 51.3 cm³/mol. The van der Waals surface area contributed by atoms with Gasteiger partial charge in [-0.05, 0) is 18.3 Å². The molecule has 0 atom stereocenters. The van der Waals surface area contributed by atoms with Gasteiger partial charge in [-0.3, -0.25) is 0 Å². The Labute approximate surface area is 71.4 Å². The van der Waals surface area contributed by atoms with E-state index in [9.17, 15) is 0 Å². The zero-order valence-electron chi connectivity index (χ0n) is 7.84. The molecule has 0 spiro atoms. The van der Waals surface area contributed by atoms with Crippen LogP contribution in [0.2, 0.25) is 0 Å². The van der Waals surface area contributed by atoms with Gasteiger partial charge in [-0.2, -0.15) is 0 Å². The number of rotatable bonds is 2. The lowest BCUT2D eigenvalue weighted by Gasteiger charge is -2.10. The van der Waals surface area contributed by atoms with Crippen LogP contribution >= 0.6 is 0 Å². The van der Waals surface area contributed by atoms with E-state index >= 15 is 0 Å². The fourth-order valence-electron chi connectivity index (χ4n) is 1.91. The van der Waals surface area contributed by atoms with E-state index in [1.165, 1.54) is 32.1 Å². The monoisotopic (exact) mass is 152 g/mol. The molecule has 0 amide bonds. The van der Waals surface area contributed by atoms with E-state index in [4.69, 9.17) is 0 Å². The number of hydrogen-bond donors (Lipinski definition) is 0. The second kappa shape index (κ2) is 6.28. The van der Waals surface area contributed by atoms with E-state index in [2.05, 4.69) is 26.7 Å². The van der Waals surface area contributed by atoms with Crippen molar-refractivity contribution in [2.45, 2.75) is 46.0 Å². The smallest absolute Gasteiger partial charge is 0.0412 e. The zero-order chi connectivity index (χ0) is 8.69. The third kappa shape index (κ3) is 4.90. The minimum atomic E-state index is 0.924. The quantitative estimate of drug-likeness (QED) is 0.531. The van der Waals surface area contributed by atoms with Crippen molar-refractivity contribution >= 4 is 0 Å². The first-order valence-electron chi connectivity index (χ1n) is 4.62. The van der Waals surface area contributed by atoms with Crippen LogP contribution < -0.4 is 0 Å². The van der Waals surface area contributed by atoms with E-state index in [0.29, 0.717) is 0 Å². The maximum atomic E-state index is 4.00. The molecule has 0 saturated heterocycles. The normalized spacial score (nSPS) is 17.9. The van der Waals surface area contributed by atoms with E-state index in [-0.39, 0.29) is 0 Å². The van der Waals surface area contributed by atoms with Crippen LogP contribution in [0.4, 0.5) is 0 Å². The van der Waals surface area contributed by atoms with E-state index in [1.54, 1.807) is 0 Å². The second-order valence-corrected chi connectivity index (χ2v) is 3.78. The highest BCUT2D eigenvalue weighted by Crippen LogP contribution is 2.29. The van der Waals surface area contributed by atoms with Crippen LogP contribution in [0.5, 0.6) is 0 Å². The van der Waals surface area contributed by atoms with Gasteiger partial charge in [0.2, 0.25) is 0 Å². The SMILES string of the molecule is C#C.CC(C)CC1CCCC1. The molecule has 0 aromatic carbocycles. The molecule has 0 nitrogen and oxygen atoms in total. The zero-order valence-corrected chi connectivity index (χ0v) is 7.84. The van der Waals surface area contributed by atoms with E-state index in [1.807, 2.05) is 0 Å². The van der Waals surface area contributed by atoms with Crippen molar-refractivity contribution in [3.8, 4) is 12.8 Å². The minimum Gasteiger partial charge on any atom is -0.124 e. The molecule has 1 rings (SSSR count). The van der Waals surface area contributed by atoms with Crippen LogP contribution in [-0.2, 0) is 0 Å². The molecule has 1 aliphatic rings. The molecule has 64 valence electrons. The van der Waals surface area contributed by atoms with Gasteiger partial charge in [0, 0.05) is 0 Å². The Kier molecular flexibility index (Phi) is 6.03. The summed E-state index contributed by atoms with van der Waals surface area (Å²) in [7, 11) is 0. The summed E-state index contributed by atoms with van der Waals surface area (Å²) in [5, 5.41) is 0. The van der Waals surface area contributed by atoms with Crippen LogP contribution in [0.15, 0.2) is 0 Å². The topological polar surface area (TPSA) is 0 Å². The molecule has 0 bridgehead atoms. The molecule has 11 heavy (non-hydrogen) atoms. The van der Waals surface area contributed by atoms with Gasteiger partial charge >= 0.3 is 0 Å². The molecular weight excluding hydrogens is 132 g/mol. The molecule has 0 heterocycles. The van der Waals surface area contributed by atoms with Crippen LogP contribution in [0, 0.1) is 24.7 Å². The molecular formula is C11H20. The summed E-state index contributed by atoms with van der Waals surface area (Å²) in [5.74, 6) is 2.01.